The van der Waals surface area contributed by atoms with E-state index >= 15 is 0 Å². The smallest absolute Gasteiger partial charge is 0.110 e. The summed E-state index contributed by atoms with van der Waals surface area (Å²) in [5.74, 6) is 2.03. The minimum atomic E-state index is 0.439. The third-order valence-corrected chi connectivity index (χ3v) is 6.95. The van der Waals surface area contributed by atoms with Crippen LogP contribution < -0.4 is 0 Å². The van der Waals surface area contributed by atoms with Crippen LogP contribution in [0.5, 0.6) is 0 Å². The predicted octanol–water partition coefficient (Wildman–Crippen LogP) is 3.08. The van der Waals surface area contributed by atoms with E-state index in [0.29, 0.717) is 10.5 Å². The number of nitrogens with zero attached hydrogens (tertiary/aromatic N) is 1. The highest BCUT2D eigenvalue weighted by atomic mass is 32.2. The second-order valence-corrected chi connectivity index (χ2v) is 7.80. The second-order valence-electron chi connectivity index (χ2n) is 4.80. The Kier molecular flexibility index (Phi) is 4.48. The number of likely N-dealkylation sites (tertiary alicyclic amines) is 1. The average Bonchev–Trinajstić information content (AvgIpc) is 2.33. The van der Waals surface area contributed by atoms with Gasteiger partial charge in [0.15, 0.2) is 0 Å². The van der Waals surface area contributed by atoms with E-state index in [-0.39, 0.29) is 0 Å². The van der Waals surface area contributed by atoms with Gasteiger partial charge in [-0.15, -0.1) is 11.8 Å². The zero-order valence-corrected chi connectivity index (χ0v) is 11.9. The zero-order chi connectivity index (χ0) is 11.5. The Morgan fingerprint density at radius 3 is 2.44 bits per heavy atom. The maximum atomic E-state index is 8.33. The molecule has 0 radical (unpaired) electrons. The minimum absolute atomic E-state index is 0.439. The van der Waals surface area contributed by atoms with Gasteiger partial charge in [-0.1, -0.05) is 13.8 Å². The normalized spacial score (nSPS) is 36.1. The summed E-state index contributed by atoms with van der Waals surface area (Å²) in [5.41, 5.74) is 0. The predicted molar refractivity (Wildman–Crippen MR) is 75.9 cm³/mol. The quantitative estimate of drug-likeness (QED) is 0.578. The molecule has 2 rings (SSSR count). The van der Waals surface area contributed by atoms with Crippen molar-refractivity contribution in [2.24, 2.45) is 0 Å². The van der Waals surface area contributed by atoms with Crippen molar-refractivity contribution in [2.75, 3.05) is 18.8 Å². The van der Waals surface area contributed by atoms with Gasteiger partial charge >= 0.3 is 0 Å². The lowest BCUT2D eigenvalue weighted by Gasteiger charge is -2.37. The molecule has 3 atom stereocenters. The molecule has 2 aliphatic rings. The largest absolute Gasteiger partial charge is 0.360 e. The van der Waals surface area contributed by atoms with Crippen molar-refractivity contribution in [3.8, 4) is 0 Å². The number of hydrogen-bond donors (Lipinski definition) is 1. The summed E-state index contributed by atoms with van der Waals surface area (Å²) in [4.78, 5) is 2.31. The molecular weight excluding hydrogens is 236 g/mol. The molecule has 0 aromatic carbocycles. The van der Waals surface area contributed by atoms with E-state index in [2.05, 4.69) is 18.7 Å². The Bertz CT molecular complexity index is 251. The SMILES string of the molecule is CC1SCC(C(=N)N2CCCCC2)SC1C. The molecule has 1 N–H and O–H groups in total. The van der Waals surface area contributed by atoms with Crippen molar-refractivity contribution in [1.29, 1.82) is 5.41 Å². The van der Waals surface area contributed by atoms with Crippen molar-refractivity contribution < 1.29 is 0 Å². The van der Waals surface area contributed by atoms with Crippen LogP contribution in [0.4, 0.5) is 0 Å². The molecule has 3 unspecified atom stereocenters. The van der Waals surface area contributed by atoms with Crippen molar-refractivity contribution in [3.63, 3.8) is 0 Å². The van der Waals surface area contributed by atoms with Gasteiger partial charge in [-0.3, -0.25) is 5.41 Å². The van der Waals surface area contributed by atoms with Crippen LogP contribution in [-0.4, -0.2) is 45.3 Å². The highest BCUT2D eigenvalue weighted by molar-refractivity contribution is 8.08. The second kappa shape index (κ2) is 5.67. The van der Waals surface area contributed by atoms with Crippen molar-refractivity contribution in [3.05, 3.63) is 0 Å². The summed E-state index contributed by atoms with van der Waals surface area (Å²) in [5, 5.41) is 10.2. The molecule has 2 fully saturated rings. The number of piperidine rings is 1. The Morgan fingerprint density at radius 2 is 1.81 bits per heavy atom. The Balaban J connectivity index is 1.89. The number of rotatable bonds is 1. The topological polar surface area (TPSA) is 27.1 Å². The fraction of sp³-hybridized carbons (Fsp3) is 0.917. The van der Waals surface area contributed by atoms with Crippen LogP contribution in [0.25, 0.3) is 0 Å². The van der Waals surface area contributed by atoms with Crippen LogP contribution in [-0.2, 0) is 0 Å². The number of nitrogens with one attached hydrogen (secondary N) is 1. The van der Waals surface area contributed by atoms with Gasteiger partial charge in [-0.05, 0) is 19.3 Å². The summed E-state index contributed by atoms with van der Waals surface area (Å²) in [6.45, 7) is 6.84. The minimum Gasteiger partial charge on any atom is -0.360 e. The van der Waals surface area contributed by atoms with Crippen LogP contribution in [0.1, 0.15) is 33.1 Å². The fourth-order valence-corrected chi connectivity index (χ4v) is 5.17. The monoisotopic (exact) mass is 258 g/mol. The van der Waals surface area contributed by atoms with Gasteiger partial charge in [0.1, 0.15) is 5.84 Å². The van der Waals surface area contributed by atoms with Crippen LogP contribution in [0.15, 0.2) is 0 Å². The van der Waals surface area contributed by atoms with E-state index in [1.807, 2.05) is 23.5 Å². The molecule has 4 heteroatoms. The molecule has 0 aromatic rings. The van der Waals surface area contributed by atoms with Crippen LogP contribution >= 0.6 is 23.5 Å². The van der Waals surface area contributed by atoms with E-state index in [0.717, 1.165) is 29.9 Å². The van der Waals surface area contributed by atoms with Crippen LogP contribution in [0, 0.1) is 5.41 Å². The van der Waals surface area contributed by atoms with Gasteiger partial charge < -0.3 is 4.90 Å². The number of hydrogen-bond acceptors (Lipinski definition) is 3. The summed E-state index contributed by atoms with van der Waals surface area (Å²) in [7, 11) is 0. The molecule has 0 saturated carbocycles. The maximum absolute atomic E-state index is 8.33. The molecule has 0 aliphatic carbocycles. The van der Waals surface area contributed by atoms with Crippen LogP contribution in [0.2, 0.25) is 0 Å². The lowest BCUT2D eigenvalue weighted by atomic mass is 10.1. The fourth-order valence-electron chi connectivity index (χ4n) is 2.27. The van der Waals surface area contributed by atoms with E-state index < -0.39 is 0 Å². The van der Waals surface area contributed by atoms with E-state index in [4.69, 9.17) is 5.41 Å². The van der Waals surface area contributed by atoms with E-state index in [1.165, 1.54) is 19.3 Å². The summed E-state index contributed by atoms with van der Waals surface area (Å²) in [6.07, 6.45) is 3.90. The first-order valence-corrected chi connectivity index (χ1v) is 8.28. The Labute approximate surface area is 107 Å². The van der Waals surface area contributed by atoms with Gasteiger partial charge in [-0.2, -0.15) is 11.8 Å². The van der Waals surface area contributed by atoms with Crippen LogP contribution in [0.3, 0.4) is 0 Å². The molecule has 2 saturated heterocycles. The zero-order valence-electron chi connectivity index (χ0n) is 10.2. The van der Waals surface area contributed by atoms with Gasteiger partial charge in [0.05, 0.1) is 5.25 Å². The highest BCUT2D eigenvalue weighted by Crippen LogP contribution is 2.36. The van der Waals surface area contributed by atoms with E-state index in [1.54, 1.807) is 0 Å². The van der Waals surface area contributed by atoms with Crippen molar-refractivity contribution >= 4 is 29.4 Å². The molecule has 0 aromatic heterocycles. The summed E-state index contributed by atoms with van der Waals surface area (Å²) in [6, 6.07) is 0. The first-order valence-electron chi connectivity index (χ1n) is 6.29. The molecule has 92 valence electrons. The Hall–Kier alpha value is 0.170. The molecular formula is C12H22N2S2. The lowest BCUT2D eigenvalue weighted by Crippen LogP contribution is -2.44. The third-order valence-electron chi connectivity index (χ3n) is 3.55. The first kappa shape index (κ1) is 12.6. The maximum Gasteiger partial charge on any atom is 0.110 e. The molecule has 16 heavy (non-hydrogen) atoms. The van der Waals surface area contributed by atoms with Gasteiger partial charge in [0, 0.05) is 29.3 Å². The number of thioether (sulfide) groups is 2. The lowest BCUT2D eigenvalue weighted by molar-refractivity contribution is 0.336. The van der Waals surface area contributed by atoms with Gasteiger partial charge in [-0.25, -0.2) is 0 Å². The molecule has 2 aliphatic heterocycles. The standard InChI is InChI=1S/C12H22N2S2/c1-9-10(2)16-11(8-15-9)12(13)14-6-4-3-5-7-14/h9-11,13H,3-8H2,1-2H3. The number of amidine groups is 1. The molecule has 2 nitrogen and oxygen atoms in total. The molecule has 0 amide bonds. The van der Waals surface area contributed by atoms with Gasteiger partial charge in [0.2, 0.25) is 0 Å². The van der Waals surface area contributed by atoms with E-state index in [9.17, 15) is 0 Å². The van der Waals surface area contributed by atoms with Crippen molar-refractivity contribution in [2.45, 2.75) is 48.9 Å². The summed E-state index contributed by atoms with van der Waals surface area (Å²) >= 11 is 4.05. The average molecular weight is 258 g/mol. The molecule has 2 heterocycles. The van der Waals surface area contributed by atoms with Gasteiger partial charge in [0.25, 0.3) is 0 Å². The van der Waals surface area contributed by atoms with Crippen molar-refractivity contribution in [1.82, 2.24) is 4.90 Å². The first-order chi connectivity index (χ1) is 7.68. The molecule has 0 bridgehead atoms. The molecule has 0 spiro atoms. The summed E-state index contributed by atoms with van der Waals surface area (Å²) < 4.78 is 0. The highest BCUT2D eigenvalue weighted by Gasteiger charge is 2.30. The third kappa shape index (κ3) is 2.89. The Morgan fingerprint density at radius 1 is 1.12 bits per heavy atom.